The summed E-state index contributed by atoms with van der Waals surface area (Å²) >= 11 is 0. The quantitative estimate of drug-likeness (QED) is 0.713. The number of pyridine rings is 1. The molecule has 0 saturated carbocycles. The Labute approximate surface area is 104 Å². The van der Waals surface area contributed by atoms with Gasteiger partial charge in [-0.3, -0.25) is 9.78 Å². The lowest BCUT2D eigenvalue weighted by molar-refractivity contribution is 0.102. The minimum atomic E-state index is -0.238. The standard InChI is InChI=1S/C13H13N3O2/c14-8-11-7-9(5-6-15-11)13(18)16-10-1-3-12(17)4-2-10/h1-7,17H,8,14H2,(H,16,18). The van der Waals surface area contributed by atoms with Gasteiger partial charge >= 0.3 is 0 Å². The highest BCUT2D eigenvalue weighted by atomic mass is 16.3. The molecule has 0 bridgehead atoms. The van der Waals surface area contributed by atoms with Gasteiger partial charge in [-0.1, -0.05) is 0 Å². The van der Waals surface area contributed by atoms with Crippen molar-refractivity contribution in [3.05, 3.63) is 53.9 Å². The van der Waals surface area contributed by atoms with E-state index in [4.69, 9.17) is 10.8 Å². The number of anilines is 1. The van der Waals surface area contributed by atoms with Gasteiger partial charge in [0.15, 0.2) is 0 Å². The molecule has 1 heterocycles. The van der Waals surface area contributed by atoms with Crippen LogP contribution in [0.25, 0.3) is 0 Å². The lowest BCUT2D eigenvalue weighted by atomic mass is 10.2. The van der Waals surface area contributed by atoms with Gasteiger partial charge < -0.3 is 16.2 Å². The molecule has 4 N–H and O–H groups in total. The Balaban J connectivity index is 2.14. The van der Waals surface area contributed by atoms with E-state index in [1.165, 1.54) is 12.1 Å². The summed E-state index contributed by atoms with van der Waals surface area (Å²) in [5.74, 6) is -0.0832. The molecule has 1 aromatic heterocycles. The number of nitrogens with zero attached hydrogens (tertiary/aromatic N) is 1. The second-order valence-corrected chi connectivity index (χ2v) is 3.74. The van der Waals surface area contributed by atoms with Gasteiger partial charge in [-0.05, 0) is 36.4 Å². The number of amides is 1. The van der Waals surface area contributed by atoms with Crippen molar-refractivity contribution in [2.24, 2.45) is 5.73 Å². The third kappa shape index (κ3) is 2.83. The van der Waals surface area contributed by atoms with E-state index in [1.54, 1.807) is 30.5 Å². The van der Waals surface area contributed by atoms with Gasteiger partial charge in [0.05, 0.1) is 5.69 Å². The number of rotatable bonds is 3. The van der Waals surface area contributed by atoms with Crippen molar-refractivity contribution in [3.8, 4) is 5.75 Å². The zero-order chi connectivity index (χ0) is 13.0. The zero-order valence-corrected chi connectivity index (χ0v) is 9.63. The van der Waals surface area contributed by atoms with E-state index >= 15 is 0 Å². The van der Waals surface area contributed by atoms with Crippen LogP contribution in [-0.2, 0) is 6.54 Å². The molecule has 0 unspecified atom stereocenters. The summed E-state index contributed by atoms with van der Waals surface area (Å²) in [6.45, 7) is 0.292. The molecule has 0 aliphatic heterocycles. The molecule has 0 saturated heterocycles. The first-order valence-corrected chi connectivity index (χ1v) is 5.44. The van der Waals surface area contributed by atoms with E-state index in [1.807, 2.05) is 0 Å². The first kappa shape index (κ1) is 12.1. The fraction of sp³-hybridized carbons (Fsp3) is 0.0769. The summed E-state index contributed by atoms with van der Waals surface area (Å²) in [4.78, 5) is 15.9. The highest BCUT2D eigenvalue weighted by Gasteiger charge is 2.06. The van der Waals surface area contributed by atoms with E-state index in [-0.39, 0.29) is 11.7 Å². The Hall–Kier alpha value is -2.40. The van der Waals surface area contributed by atoms with Crippen LogP contribution in [0, 0.1) is 0 Å². The van der Waals surface area contributed by atoms with E-state index in [2.05, 4.69) is 10.3 Å². The Morgan fingerprint density at radius 3 is 2.67 bits per heavy atom. The summed E-state index contributed by atoms with van der Waals surface area (Å²) in [5, 5.41) is 11.9. The molecule has 92 valence electrons. The zero-order valence-electron chi connectivity index (χ0n) is 9.63. The SMILES string of the molecule is NCc1cc(C(=O)Nc2ccc(O)cc2)ccn1. The average Bonchev–Trinajstić information content (AvgIpc) is 2.41. The fourth-order valence-electron chi connectivity index (χ4n) is 1.48. The highest BCUT2D eigenvalue weighted by Crippen LogP contribution is 2.14. The van der Waals surface area contributed by atoms with Crippen LogP contribution in [0.4, 0.5) is 5.69 Å². The number of aromatic hydroxyl groups is 1. The van der Waals surface area contributed by atoms with E-state index < -0.39 is 0 Å². The van der Waals surface area contributed by atoms with Crippen molar-refractivity contribution in [2.75, 3.05) is 5.32 Å². The molecule has 2 rings (SSSR count). The molecule has 1 aromatic carbocycles. The molecule has 1 amide bonds. The molecule has 0 aliphatic carbocycles. The number of carbonyl (C=O) groups is 1. The smallest absolute Gasteiger partial charge is 0.255 e. The number of nitrogens with one attached hydrogen (secondary N) is 1. The molecule has 18 heavy (non-hydrogen) atoms. The normalized spacial score (nSPS) is 10.1. The largest absolute Gasteiger partial charge is 0.508 e. The number of carbonyl (C=O) groups excluding carboxylic acids is 1. The van der Waals surface area contributed by atoms with Crippen LogP contribution in [-0.4, -0.2) is 16.0 Å². The Kier molecular flexibility index (Phi) is 3.54. The van der Waals surface area contributed by atoms with Crippen LogP contribution >= 0.6 is 0 Å². The van der Waals surface area contributed by atoms with Gasteiger partial charge in [0.1, 0.15) is 5.75 Å². The van der Waals surface area contributed by atoms with Crippen LogP contribution in [0.15, 0.2) is 42.6 Å². The third-order valence-corrected chi connectivity index (χ3v) is 2.41. The van der Waals surface area contributed by atoms with Gasteiger partial charge in [-0.25, -0.2) is 0 Å². The van der Waals surface area contributed by atoms with Crippen LogP contribution < -0.4 is 11.1 Å². The molecule has 0 atom stereocenters. The van der Waals surface area contributed by atoms with Gasteiger partial charge in [0, 0.05) is 24.0 Å². The summed E-state index contributed by atoms with van der Waals surface area (Å²) in [6, 6.07) is 9.53. The Morgan fingerprint density at radius 1 is 1.28 bits per heavy atom. The second-order valence-electron chi connectivity index (χ2n) is 3.74. The van der Waals surface area contributed by atoms with Crippen LogP contribution in [0.2, 0.25) is 0 Å². The number of phenols is 1. The molecule has 5 heteroatoms. The number of nitrogens with two attached hydrogens (primary N) is 1. The summed E-state index contributed by atoms with van der Waals surface area (Å²) in [7, 11) is 0. The molecule has 0 radical (unpaired) electrons. The number of benzene rings is 1. The van der Waals surface area contributed by atoms with Crippen molar-refractivity contribution in [1.82, 2.24) is 4.98 Å². The minimum absolute atomic E-state index is 0.155. The van der Waals surface area contributed by atoms with E-state index in [9.17, 15) is 4.79 Å². The van der Waals surface area contributed by atoms with Gasteiger partial charge in [-0.15, -0.1) is 0 Å². The van der Waals surface area contributed by atoms with Gasteiger partial charge in [0.2, 0.25) is 0 Å². The maximum atomic E-state index is 11.9. The van der Waals surface area contributed by atoms with E-state index in [0.717, 1.165) is 0 Å². The predicted molar refractivity (Wildman–Crippen MR) is 68.2 cm³/mol. The summed E-state index contributed by atoms with van der Waals surface area (Å²) in [5.41, 5.74) is 7.24. The number of phenolic OH excluding ortho intramolecular Hbond substituents is 1. The van der Waals surface area contributed by atoms with Crippen LogP contribution in [0.5, 0.6) is 5.75 Å². The van der Waals surface area contributed by atoms with Crippen LogP contribution in [0.3, 0.4) is 0 Å². The number of hydrogen-bond acceptors (Lipinski definition) is 4. The monoisotopic (exact) mass is 243 g/mol. The maximum absolute atomic E-state index is 11.9. The average molecular weight is 243 g/mol. The summed E-state index contributed by atoms with van der Waals surface area (Å²) in [6.07, 6.45) is 1.55. The topological polar surface area (TPSA) is 88.2 Å². The summed E-state index contributed by atoms with van der Waals surface area (Å²) < 4.78 is 0. The van der Waals surface area contributed by atoms with Crippen molar-refractivity contribution in [3.63, 3.8) is 0 Å². The highest BCUT2D eigenvalue weighted by molar-refractivity contribution is 6.04. The van der Waals surface area contributed by atoms with Gasteiger partial charge in [-0.2, -0.15) is 0 Å². The molecular formula is C13H13N3O2. The number of aromatic nitrogens is 1. The lowest BCUT2D eigenvalue weighted by Gasteiger charge is -2.06. The van der Waals surface area contributed by atoms with E-state index in [0.29, 0.717) is 23.5 Å². The first-order chi connectivity index (χ1) is 8.69. The first-order valence-electron chi connectivity index (χ1n) is 5.44. The molecule has 2 aromatic rings. The lowest BCUT2D eigenvalue weighted by Crippen LogP contribution is -2.13. The second kappa shape index (κ2) is 5.29. The minimum Gasteiger partial charge on any atom is -0.508 e. The van der Waals surface area contributed by atoms with Crippen molar-refractivity contribution in [1.29, 1.82) is 0 Å². The van der Waals surface area contributed by atoms with Crippen molar-refractivity contribution in [2.45, 2.75) is 6.54 Å². The fourth-order valence-corrected chi connectivity index (χ4v) is 1.48. The molecule has 0 spiro atoms. The van der Waals surface area contributed by atoms with Crippen LogP contribution in [0.1, 0.15) is 16.1 Å². The number of hydrogen-bond donors (Lipinski definition) is 3. The molecule has 5 nitrogen and oxygen atoms in total. The Bertz CT molecular complexity index is 552. The molecule has 0 fully saturated rings. The van der Waals surface area contributed by atoms with Crippen molar-refractivity contribution < 1.29 is 9.90 Å². The Morgan fingerprint density at radius 2 is 2.00 bits per heavy atom. The third-order valence-electron chi connectivity index (χ3n) is 2.41. The maximum Gasteiger partial charge on any atom is 0.255 e. The van der Waals surface area contributed by atoms with Gasteiger partial charge in [0.25, 0.3) is 5.91 Å². The predicted octanol–water partition coefficient (Wildman–Crippen LogP) is 1.50. The molecular weight excluding hydrogens is 230 g/mol. The molecule has 0 aliphatic rings. The van der Waals surface area contributed by atoms with Crippen molar-refractivity contribution >= 4 is 11.6 Å².